The Bertz CT molecular complexity index is 919. The Kier molecular flexibility index (Phi) is 4.39. The predicted octanol–water partition coefficient (Wildman–Crippen LogP) is 2.37. The second kappa shape index (κ2) is 6.84. The van der Waals surface area contributed by atoms with E-state index in [9.17, 15) is 9.90 Å². The quantitative estimate of drug-likeness (QED) is 0.786. The number of aromatic nitrogens is 1. The van der Waals surface area contributed by atoms with Crippen LogP contribution in [0.4, 0.5) is 0 Å². The van der Waals surface area contributed by atoms with Gasteiger partial charge in [0.25, 0.3) is 0 Å². The van der Waals surface area contributed by atoms with Gasteiger partial charge in [0.1, 0.15) is 18.0 Å². The summed E-state index contributed by atoms with van der Waals surface area (Å²) in [6.45, 7) is 0.709. The number of rotatable bonds is 4. The largest absolute Gasteiger partial charge is 0.486 e. The van der Waals surface area contributed by atoms with E-state index in [0.29, 0.717) is 25.3 Å². The normalized spacial score (nSPS) is 19.8. The number of amides is 1. The van der Waals surface area contributed by atoms with Crippen LogP contribution in [-0.2, 0) is 18.3 Å². The van der Waals surface area contributed by atoms with Gasteiger partial charge in [-0.25, -0.2) is 0 Å². The molecule has 2 atom stereocenters. The molecule has 1 fully saturated rings. The Labute approximate surface area is 152 Å². The molecule has 26 heavy (non-hydrogen) atoms. The van der Waals surface area contributed by atoms with Gasteiger partial charge in [-0.3, -0.25) is 4.79 Å². The number of ether oxygens (including phenoxy) is 1. The molecule has 4 rings (SSSR count). The van der Waals surface area contributed by atoms with E-state index in [2.05, 4.69) is 0 Å². The summed E-state index contributed by atoms with van der Waals surface area (Å²) < 4.78 is 7.88. The monoisotopic (exact) mass is 350 g/mol. The number of aliphatic hydroxyl groups excluding tert-OH is 1. The molecular formula is C21H22N2O3. The Hall–Kier alpha value is -2.79. The van der Waals surface area contributed by atoms with E-state index in [-0.39, 0.29) is 5.91 Å². The second-order valence-corrected chi connectivity index (χ2v) is 6.79. The van der Waals surface area contributed by atoms with Crippen LogP contribution >= 0.6 is 0 Å². The van der Waals surface area contributed by atoms with Gasteiger partial charge in [0, 0.05) is 24.1 Å². The Morgan fingerprint density at radius 3 is 2.65 bits per heavy atom. The highest BCUT2D eigenvalue weighted by Gasteiger charge is 2.35. The number of benzene rings is 2. The predicted molar refractivity (Wildman–Crippen MR) is 100 cm³/mol. The first-order valence-corrected chi connectivity index (χ1v) is 8.82. The summed E-state index contributed by atoms with van der Waals surface area (Å²) in [5.41, 5.74) is 2.12. The van der Waals surface area contributed by atoms with Crippen LogP contribution in [0, 0.1) is 0 Å². The van der Waals surface area contributed by atoms with E-state index >= 15 is 0 Å². The number of aliphatic hydroxyl groups is 1. The molecule has 0 radical (unpaired) electrons. The van der Waals surface area contributed by atoms with Crippen molar-refractivity contribution in [3.05, 3.63) is 66.4 Å². The molecule has 3 aromatic rings. The molecule has 1 saturated heterocycles. The maximum Gasteiger partial charge on any atom is 0.227 e. The van der Waals surface area contributed by atoms with Gasteiger partial charge in [-0.15, -0.1) is 0 Å². The molecule has 0 spiro atoms. The zero-order valence-electron chi connectivity index (χ0n) is 14.7. The summed E-state index contributed by atoms with van der Waals surface area (Å²) in [6.07, 6.45) is 1.26. The van der Waals surface area contributed by atoms with Crippen LogP contribution in [0.5, 0.6) is 5.75 Å². The van der Waals surface area contributed by atoms with Gasteiger partial charge in [0.15, 0.2) is 0 Å². The summed E-state index contributed by atoms with van der Waals surface area (Å²) in [5.74, 6) is 0.722. The molecule has 2 heterocycles. The summed E-state index contributed by atoms with van der Waals surface area (Å²) in [4.78, 5) is 14.5. The fourth-order valence-electron chi connectivity index (χ4n) is 3.59. The number of para-hydroxylation sites is 2. The highest BCUT2D eigenvalue weighted by molar-refractivity contribution is 5.89. The van der Waals surface area contributed by atoms with E-state index in [1.165, 1.54) is 0 Å². The third kappa shape index (κ3) is 3.18. The first-order valence-electron chi connectivity index (χ1n) is 8.82. The van der Waals surface area contributed by atoms with Gasteiger partial charge in [-0.05, 0) is 23.8 Å². The van der Waals surface area contributed by atoms with Crippen molar-refractivity contribution in [2.24, 2.45) is 7.05 Å². The number of hydrogen-bond acceptors (Lipinski definition) is 3. The maximum atomic E-state index is 12.8. The lowest BCUT2D eigenvalue weighted by Gasteiger charge is -2.17. The lowest BCUT2D eigenvalue weighted by Crippen LogP contribution is -2.32. The van der Waals surface area contributed by atoms with Crippen molar-refractivity contribution in [2.75, 3.05) is 13.1 Å². The van der Waals surface area contributed by atoms with Gasteiger partial charge in [-0.2, -0.15) is 0 Å². The number of β-amino-alcohol motifs (C(OH)–C–C–N with tert-alkyl or cyclic N) is 1. The van der Waals surface area contributed by atoms with Gasteiger partial charge < -0.3 is 19.3 Å². The van der Waals surface area contributed by atoms with Crippen molar-refractivity contribution in [3.8, 4) is 5.75 Å². The van der Waals surface area contributed by atoms with E-state index in [4.69, 9.17) is 4.74 Å². The first kappa shape index (κ1) is 16.7. The van der Waals surface area contributed by atoms with Crippen LogP contribution in [0.2, 0.25) is 0 Å². The maximum absolute atomic E-state index is 12.8. The minimum atomic E-state index is -0.674. The van der Waals surface area contributed by atoms with Gasteiger partial charge >= 0.3 is 0 Å². The first-order chi connectivity index (χ1) is 12.6. The van der Waals surface area contributed by atoms with Crippen LogP contribution in [0.25, 0.3) is 10.9 Å². The van der Waals surface area contributed by atoms with E-state index in [1.54, 1.807) is 4.90 Å². The van der Waals surface area contributed by atoms with Crippen molar-refractivity contribution < 1.29 is 14.6 Å². The van der Waals surface area contributed by atoms with E-state index in [1.807, 2.05) is 72.4 Å². The van der Waals surface area contributed by atoms with E-state index in [0.717, 1.165) is 16.5 Å². The standard InChI is InChI=1S/C21H22N2O3/c1-22-12-15(17-9-5-6-10-18(17)22)11-21(25)23-13-19(24)20(14-23)26-16-7-3-2-4-8-16/h2-10,12,19-20,24H,11,13-14H2,1H3/t19-,20-/m1/s1. The third-order valence-electron chi connectivity index (χ3n) is 4.94. The molecule has 2 aromatic carbocycles. The van der Waals surface area contributed by atoms with Gasteiger partial charge in [-0.1, -0.05) is 36.4 Å². The minimum Gasteiger partial charge on any atom is -0.486 e. The number of hydrogen-bond donors (Lipinski definition) is 1. The van der Waals surface area contributed by atoms with Crippen LogP contribution in [0.1, 0.15) is 5.56 Å². The lowest BCUT2D eigenvalue weighted by atomic mass is 10.1. The van der Waals surface area contributed by atoms with Crippen LogP contribution in [0.15, 0.2) is 60.8 Å². The zero-order chi connectivity index (χ0) is 18.1. The Balaban J connectivity index is 1.45. The molecule has 0 bridgehead atoms. The van der Waals surface area contributed by atoms with Crippen LogP contribution < -0.4 is 4.74 Å². The molecule has 1 amide bonds. The Morgan fingerprint density at radius 2 is 1.85 bits per heavy atom. The number of aryl methyl sites for hydroxylation is 1. The van der Waals surface area contributed by atoms with Crippen LogP contribution in [0.3, 0.4) is 0 Å². The topological polar surface area (TPSA) is 54.7 Å². The lowest BCUT2D eigenvalue weighted by molar-refractivity contribution is -0.129. The second-order valence-electron chi connectivity index (χ2n) is 6.79. The van der Waals surface area contributed by atoms with Crippen molar-refractivity contribution in [3.63, 3.8) is 0 Å². The molecule has 0 unspecified atom stereocenters. The molecule has 134 valence electrons. The number of carbonyl (C=O) groups is 1. The highest BCUT2D eigenvalue weighted by atomic mass is 16.5. The van der Waals surface area contributed by atoms with Crippen LogP contribution in [-0.4, -0.2) is 45.8 Å². The molecule has 1 aliphatic rings. The zero-order valence-corrected chi connectivity index (χ0v) is 14.7. The summed E-state index contributed by atoms with van der Waals surface area (Å²) in [5, 5.41) is 11.4. The van der Waals surface area contributed by atoms with Crippen molar-refractivity contribution >= 4 is 16.8 Å². The summed E-state index contributed by atoms with van der Waals surface area (Å²) >= 11 is 0. The Morgan fingerprint density at radius 1 is 1.12 bits per heavy atom. The van der Waals surface area contributed by atoms with E-state index < -0.39 is 12.2 Å². The van der Waals surface area contributed by atoms with Gasteiger partial charge in [0.05, 0.1) is 19.5 Å². The molecule has 1 aromatic heterocycles. The SMILES string of the molecule is Cn1cc(CC(=O)N2C[C@@H](O)[C@H](Oc3ccccc3)C2)c2ccccc21. The smallest absolute Gasteiger partial charge is 0.227 e. The summed E-state index contributed by atoms with van der Waals surface area (Å²) in [6, 6.07) is 17.5. The van der Waals surface area contributed by atoms with Gasteiger partial charge in [0.2, 0.25) is 5.91 Å². The summed E-state index contributed by atoms with van der Waals surface area (Å²) in [7, 11) is 1.99. The average Bonchev–Trinajstić information content (AvgIpc) is 3.17. The average molecular weight is 350 g/mol. The fraction of sp³-hybridized carbons (Fsp3) is 0.286. The van der Waals surface area contributed by atoms with Crippen molar-refractivity contribution in [2.45, 2.75) is 18.6 Å². The molecule has 5 nitrogen and oxygen atoms in total. The molecule has 5 heteroatoms. The third-order valence-corrected chi connectivity index (χ3v) is 4.94. The molecule has 0 saturated carbocycles. The number of likely N-dealkylation sites (tertiary alicyclic amines) is 1. The molecular weight excluding hydrogens is 328 g/mol. The number of nitrogens with zero attached hydrogens (tertiary/aromatic N) is 2. The number of carbonyl (C=O) groups excluding carboxylic acids is 1. The van der Waals surface area contributed by atoms with Crippen molar-refractivity contribution in [1.82, 2.24) is 9.47 Å². The molecule has 0 aliphatic carbocycles. The highest BCUT2D eigenvalue weighted by Crippen LogP contribution is 2.23. The fourth-order valence-corrected chi connectivity index (χ4v) is 3.59. The minimum absolute atomic E-state index is 0.0135. The molecule has 1 aliphatic heterocycles. The molecule has 1 N–H and O–H groups in total. The van der Waals surface area contributed by atoms with Crippen molar-refractivity contribution in [1.29, 1.82) is 0 Å². The number of fused-ring (bicyclic) bond motifs is 1.